The molecule has 0 aliphatic rings. The van der Waals surface area contributed by atoms with E-state index in [1.165, 1.54) is 0 Å². The summed E-state index contributed by atoms with van der Waals surface area (Å²) in [7, 11) is 0. The lowest BCUT2D eigenvalue weighted by Gasteiger charge is -2.15. The van der Waals surface area contributed by atoms with Crippen LogP contribution in [0, 0.1) is 6.92 Å². The Morgan fingerprint density at radius 3 is 2.12 bits per heavy atom. The Labute approximate surface area is 140 Å². The van der Waals surface area contributed by atoms with Gasteiger partial charge in [-0.25, -0.2) is 0 Å². The van der Waals surface area contributed by atoms with Gasteiger partial charge in [-0.3, -0.25) is 9.36 Å². The summed E-state index contributed by atoms with van der Waals surface area (Å²) in [6, 6.07) is 28.0. The van der Waals surface area contributed by atoms with Crippen LogP contribution < -0.4 is 5.56 Å². The van der Waals surface area contributed by atoms with E-state index in [0.717, 1.165) is 33.3 Å². The van der Waals surface area contributed by atoms with Crippen molar-refractivity contribution >= 4 is 10.8 Å². The van der Waals surface area contributed by atoms with Gasteiger partial charge in [-0.1, -0.05) is 66.2 Å². The number of fused-ring (bicyclic) bond motifs is 1. The van der Waals surface area contributed by atoms with Gasteiger partial charge < -0.3 is 0 Å². The molecule has 116 valence electrons. The highest BCUT2D eigenvalue weighted by Crippen LogP contribution is 2.25. The molecule has 4 rings (SSSR count). The maximum atomic E-state index is 13.2. The number of hydrogen-bond acceptors (Lipinski definition) is 1. The Balaban J connectivity index is 2.14. The molecular formula is C22H17NO. The van der Waals surface area contributed by atoms with Crippen molar-refractivity contribution in [1.82, 2.24) is 4.57 Å². The average Bonchev–Trinajstić information content (AvgIpc) is 2.63. The van der Waals surface area contributed by atoms with Crippen LogP contribution in [0.15, 0.2) is 89.7 Å². The largest absolute Gasteiger partial charge is 0.276 e. The zero-order chi connectivity index (χ0) is 16.5. The van der Waals surface area contributed by atoms with Crippen molar-refractivity contribution in [3.8, 4) is 16.9 Å². The van der Waals surface area contributed by atoms with Crippen LogP contribution in [-0.4, -0.2) is 4.57 Å². The number of pyridine rings is 1. The van der Waals surface area contributed by atoms with Crippen LogP contribution in [0.1, 0.15) is 5.56 Å². The molecule has 0 radical (unpaired) electrons. The number of nitrogens with zero attached hydrogens (tertiary/aromatic N) is 1. The molecule has 0 amide bonds. The minimum atomic E-state index is 0.0150. The number of hydrogen-bond donors (Lipinski definition) is 0. The molecule has 3 aromatic carbocycles. The second kappa shape index (κ2) is 5.82. The predicted molar refractivity (Wildman–Crippen MR) is 99.7 cm³/mol. The molecule has 0 saturated carbocycles. The van der Waals surface area contributed by atoms with Gasteiger partial charge in [0, 0.05) is 11.1 Å². The Bertz CT molecular complexity index is 1060. The van der Waals surface area contributed by atoms with Crippen molar-refractivity contribution in [3.63, 3.8) is 0 Å². The number of para-hydroxylation sites is 1. The van der Waals surface area contributed by atoms with Gasteiger partial charge in [-0.15, -0.1) is 0 Å². The fourth-order valence-corrected chi connectivity index (χ4v) is 3.08. The second-order valence-electron chi connectivity index (χ2n) is 5.96. The van der Waals surface area contributed by atoms with Crippen LogP contribution in [0.25, 0.3) is 27.7 Å². The van der Waals surface area contributed by atoms with Gasteiger partial charge in [0.15, 0.2) is 0 Å². The average molecular weight is 311 g/mol. The molecule has 4 aromatic rings. The van der Waals surface area contributed by atoms with Crippen LogP contribution in [0.5, 0.6) is 0 Å². The van der Waals surface area contributed by atoms with Crippen LogP contribution >= 0.6 is 0 Å². The first-order chi connectivity index (χ1) is 11.7. The molecule has 1 aromatic heterocycles. The lowest BCUT2D eigenvalue weighted by atomic mass is 10.0. The molecule has 0 spiro atoms. The van der Waals surface area contributed by atoms with E-state index >= 15 is 0 Å². The summed E-state index contributed by atoms with van der Waals surface area (Å²) in [6.45, 7) is 2.01. The van der Waals surface area contributed by atoms with E-state index < -0.39 is 0 Å². The summed E-state index contributed by atoms with van der Waals surface area (Å²) in [6.07, 6.45) is 0. The summed E-state index contributed by atoms with van der Waals surface area (Å²) in [4.78, 5) is 13.2. The van der Waals surface area contributed by atoms with Gasteiger partial charge in [0.25, 0.3) is 5.56 Å². The first kappa shape index (κ1) is 14.5. The van der Waals surface area contributed by atoms with E-state index in [2.05, 4.69) is 6.07 Å². The van der Waals surface area contributed by atoms with Crippen molar-refractivity contribution in [2.45, 2.75) is 6.92 Å². The summed E-state index contributed by atoms with van der Waals surface area (Å²) in [5, 5.41) is 1.72. The number of rotatable bonds is 2. The SMILES string of the molecule is Cc1ccc2cc(-c3ccccc3)n(-c3ccccc3)c(=O)c2c1. The maximum absolute atomic E-state index is 13.2. The normalized spacial score (nSPS) is 10.9. The maximum Gasteiger partial charge on any atom is 0.263 e. The second-order valence-corrected chi connectivity index (χ2v) is 5.96. The Morgan fingerprint density at radius 1 is 0.750 bits per heavy atom. The van der Waals surface area contributed by atoms with E-state index in [4.69, 9.17) is 0 Å². The minimum absolute atomic E-state index is 0.0150. The molecule has 0 fully saturated rings. The number of aromatic nitrogens is 1. The van der Waals surface area contributed by atoms with E-state index in [1.807, 2.05) is 85.8 Å². The standard InChI is InChI=1S/C22H17NO/c1-16-12-13-18-15-21(17-8-4-2-5-9-17)23(22(24)20(18)14-16)19-10-6-3-7-11-19/h2-15H,1H3. The molecule has 0 aliphatic heterocycles. The first-order valence-corrected chi connectivity index (χ1v) is 8.01. The molecular weight excluding hydrogens is 294 g/mol. The van der Waals surface area contributed by atoms with Gasteiger partial charge in [0.1, 0.15) is 0 Å². The molecule has 0 atom stereocenters. The summed E-state index contributed by atoms with van der Waals surface area (Å²) >= 11 is 0. The van der Waals surface area contributed by atoms with Crippen molar-refractivity contribution in [1.29, 1.82) is 0 Å². The molecule has 0 aliphatic carbocycles. The lowest BCUT2D eigenvalue weighted by molar-refractivity contribution is 1.02. The minimum Gasteiger partial charge on any atom is -0.276 e. The molecule has 0 saturated heterocycles. The van der Waals surface area contributed by atoms with Crippen molar-refractivity contribution < 1.29 is 0 Å². The highest BCUT2D eigenvalue weighted by Gasteiger charge is 2.12. The molecule has 2 nitrogen and oxygen atoms in total. The molecule has 2 heteroatoms. The van der Waals surface area contributed by atoms with Gasteiger partial charge in [-0.2, -0.15) is 0 Å². The third kappa shape index (κ3) is 2.42. The Kier molecular flexibility index (Phi) is 3.51. The Hall–Kier alpha value is -3.13. The quantitative estimate of drug-likeness (QED) is 0.512. The predicted octanol–water partition coefficient (Wildman–Crippen LogP) is 4.97. The van der Waals surface area contributed by atoms with E-state index in [9.17, 15) is 4.79 Å². The fraction of sp³-hybridized carbons (Fsp3) is 0.0455. The van der Waals surface area contributed by atoms with Gasteiger partial charge in [0.2, 0.25) is 0 Å². The van der Waals surface area contributed by atoms with Crippen molar-refractivity contribution in [3.05, 3.63) is 101 Å². The molecule has 24 heavy (non-hydrogen) atoms. The number of aryl methyl sites for hydroxylation is 1. The van der Waals surface area contributed by atoms with Crippen LogP contribution in [0.4, 0.5) is 0 Å². The van der Waals surface area contributed by atoms with Crippen molar-refractivity contribution in [2.24, 2.45) is 0 Å². The first-order valence-electron chi connectivity index (χ1n) is 8.01. The monoisotopic (exact) mass is 311 g/mol. The van der Waals surface area contributed by atoms with E-state index in [1.54, 1.807) is 4.57 Å². The third-order valence-electron chi connectivity index (χ3n) is 4.26. The lowest BCUT2D eigenvalue weighted by Crippen LogP contribution is -2.20. The topological polar surface area (TPSA) is 22.0 Å². The zero-order valence-corrected chi connectivity index (χ0v) is 13.4. The molecule has 0 bridgehead atoms. The van der Waals surface area contributed by atoms with Crippen LogP contribution in [-0.2, 0) is 0 Å². The Morgan fingerprint density at radius 2 is 1.42 bits per heavy atom. The van der Waals surface area contributed by atoms with E-state index in [-0.39, 0.29) is 5.56 Å². The smallest absolute Gasteiger partial charge is 0.263 e. The van der Waals surface area contributed by atoms with Gasteiger partial charge in [-0.05, 0) is 42.1 Å². The summed E-state index contributed by atoms with van der Waals surface area (Å²) < 4.78 is 1.80. The summed E-state index contributed by atoms with van der Waals surface area (Å²) in [5.74, 6) is 0. The van der Waals surface area contributed by atoms with Crippen LogP contribution in [0.3, 0.4) is 0 Å². The van der Waals surface area contributed by atoms with E-state index in [0.29, 0.717) is 0 Å². The van der Waals surface area contributed by atoms with Gasteiger partial charge >= 0.3 is 0 Å². The summed E-state index contributed by atoms with van der Waals surface area (Å²) in [5.41, 5.74) is 3.92. The van der Waals surface area contributed by atoms with Crippen LogP contribution in [0.2, 0.25) is 0 Å². The van der Waals surface area contributed by atoms with Crippen molar-refractivity contribution in [2.75, 3.05) is 0 Å². The number of benzene rings is 3. The fourth-order valence-electron chi connectivity index (χ4n) is 3.08. The third-order valence-corrected chi connectivity index (χ3v) is 4.26. The molecule has 0 unspecified atom stereocenters. The zero-order valence-electron chi connectivity index (χ0n) is 13.4. The highest BCUT2D eigenvalue weighted by atomic mass is 16.1. The van der Waals surface area contributed by atoms with Gasteiger partial charge in [0.05, 0.1) is 5.69 Å². The highest BCUT2D eigenvalue weighted by molar-refractivity contribution is 5.86. The molecule has 1 heterocycles. The molecule has 0 N–H and O–H groups in total.